The van der Waals surface area contributed by atoms with Crippen LogP contribution in [0.25, 0.3) is 17.2 Å². The number of aromatic nitrogens is 1. The average Bonchev–Trinajstić information content (AvgIpc) is 3.21. The number of carboxylic acids is 1. The van der Waals surface area contributed by atoms with Crippen LogP contribution in [-0.4, -0.2) is 16.1 Å². The minimum absolute atomic E-state index is 0.127. The van der Waals surface area contributed by atoms with Gasteiger partial charge in [0.1, 0.15) is 0 Å². The summed E-state index contributed by atoms with van der Waals surface area (Å²) < 4.78 is 56.9. The second-order valence-corrected chi connectivity index (χ2v) is 9.04. The van der Waals surface area contributed by atoms with Gasteiger partial charge in [-0.2, -0.15) is 13.2 Å². The number of anilines is 1. The molecule has 9 heteroatoms. The molecular weight excluding hydrogens is 486 g/mol. The lowest BCUT2D eigenvalue weighted by atomic mass is 9.73. The minimum atomic E-state index is -4.61. The Hall–Kier alpha value is -3.98. The Balaban J connectivity index is 1.77. The van der Waals surface area contributed by atoms with E-state index in [1.165, 1.54) is 18.3 Å². The molecule has 1 saturated carbocycles. The molecule has 1 fully saturated rings. The molecule has 5 nitrogen and oxygen atoms in total. The van der Waals surface area contributed by atoms with E-state index in [0.717, 1.165) is 18.6 Å². The van der Waals surface area contributed by atoms with Crippen LogP contribution in [0.2, 0.25) is 0 Å². The summed E-state index contributed by atoms with van der Waals surface area (Å²) in [5.41, 5.74) is 8.09. The van der Waals surface area contributed by atoms with Crippen molar-refractivity contribution in [2.24, 2.45) is 5.92 Å². The Morgan fingerprint density at radius 1 is 1.05 bits per heavy atom. The van der Waals surface area contributed by atoms with Crippen LogP contribution in [0.4, 0.5) is 23.2 Å². The molecule has 190 valence electrons. The summed E-state index contributed by atoms with van der Waals surface area (Å²) in [5, 5.41) is 8.92. The quantitative estimate of drug-likeness (QED) is 0.192. The highest BCUT2D eigenvalue weighted by Gasteiger charge is 2.38. The molecule has 1 aliphatic carbocycles. The van der Waals surface area contributed by atoms with Gasteiger partial charge in [0.15, 0.2) is 6.30 Å². The van der Waals surface area contributed by atoms with Gasteiger partial charge in [0, 0.05) is 17.8 Å². The van der Waals surface area contributed by atoms with Crippen molar-refractivity contribution in [3.05, 3.63) is 100 Å². The third-order valence-electron chi connectivity index (χ3n) is 6.72. The van der Waals surface area contributed by atoms with Crippen LogP contribution in [0.5, 0.6) is 0 Å². The molecule has 1 aromatic heterocycles. The maximum absolute atomic E-state index is 14.5. The van der Waals surface area contributed by atoms with Gasteiger partial charge in [0.05, 0.1) is 16.9 Å². The highest BCUT2D eigenvalue weighted by atomic mass is 19.4. The fourth-order valence-corrected chi connectivity index (χ4v) is 4.73. The first kappa shape index (κ1) is 24.7. The molecule has 3 N–H and O–H groups in total. The number of benzene rings is 2. The summed E-state index contributed by atoms with van der Waals surface area (Å²) >= 11 is 0. The summed E-state index contributed by atoms with van der Waals surface area (Å²) in [6.07, 6.45) is 0.0456. The van der Waals surface area contributed by atoms with Gasteiger partial charge >= 0.3 is 12.1 Å². The lowest BCUT2D eigenvalue weighted by Gasteiger charge is -2.32. The first-order chi connectivity index (χ1) is 17.7. The Labute approximate surface area is 210 Å². The molecule has 5 rings (SSSR count). The summed E-state index contributed by atoms with van der Waals surface area (Å²) in [6, 6.07) is 14.3. The first-order valence-electron chi connectivity index (χ1n) is 11.8. The highest BCUT2D eigenvalue weighted by Crippen LogP contribution is 2.48. The molecule has 37 heavy (non-hydrogen) atoms. The summed E-state index contributed by atoms with van der Waals surface area (Å²) in [4.78, 5) is 15.1. The third-order valence-corrected chi connectivity index (χ3v) is 6.72. The molecule has 0 amide bonds. The predicted molar refractivity (Wildman–Crippen MR) is 133 cm³/mol. The van der Waals surface area contributed by atoms with Gasteiger partial charge in [-0.25, -0.2) is 14.6 Å². The Bertz CT molecular complexity index is 1390. The molecule has 1 unspecified atom stereocenters. The molecule has 2 heterocycles. The maximum atomic E-state index is 14.5. The van der Waals surface area contributed by atoms with E-state index in [4.69, 9.17) is 5.11 Å². The predicted octanol–water partition coefficient (Wildman–Crippen LogP) is 6.86. The molecule has 2 aromatic carbocycles. The molecule has 0 saturated heterocycles. The molecule has 1 aliphatic heterocycles. The number of alkyl halides is 4. The molecule has 1 atom stereocenters. The number of halogens is 4. The first-order valence-corrected chi connectivity index (χ1v) is 11.8. The van der Waals surface area contributed by atoms with Crippen molar-refractivity contribution in [2.45, 2.75) is 31.7 Å². The number of hydrazine groups is 1. The average molecular weight is 510 g/mol. The Morgan fingerprint density at radius 3 is 2.43 bits per heavy atom. The molecule has 0 radical (unpaired) electrons. The number of nitrogens with zero attached hydrogens (tertiary/aromatic N) is 1. The van der Waals surface area contributed by atoms with Crippen LogP contribution in [-0.2, 0) is 11.0 Å². The van der Waals surface area contributed by atoms with Gasteiger partial charge in [-0.3, -0.25) is 4.98 Å². The normalized spacial score (nSPS) is 18.2. The van der Waals surface area contributed by atoms with Crippen molar-refractivity contribution in [3.8, 4) is 0 Å². The number of pyridine rings is 1. The zero-order valence-electron chi connectivity index (χ0n) is 19.5. The smallest absolute Gasteiger partial charge is 0.418 e. The number of nitrogens with one attached hydrogen (secondary N) is 2. The van der Waals surface area contributed by atoms with Crippen LogP contribution >= 0.6 is 0 Å². The number of carbonyl (C=O) groups is 1. The van der Waals surface area contributed by atoms with Crippen LogP contribution in [0.3, 0.4) is 0 Å². The largest absolute Gasteiger partial charge is 0.478 e. The number of allylic oxidation sites excluding steroid dienone is 1. The highest BCUT2D eigenvalue weighted by molar-refractivity contribution is 6.00. The zero-order chi connectivity index (χ0) is 26.2. The van der Waals surface area contributed by atoms with Gasteiger partial charge in [-0.05, 0) is 76.9 Å². The number of hydrogen-bond donors (Lipinski definition) is 3. The van der Waals surface area contributed by atoms with Crippen molar-refractivity contribution in [1.29, 1.82) is 0 Å². The number of rotatable bonds is 6. The van der Waals surface area contributed by atoms with Crippen LogP contribution < -0.4 is 10.9 Å². The van der Waals surface area contributed by atoms with E-state index in [9.17, 15) is 22.4 Å². The number of hydrogen-bond acceptors (Lipinski definition) is 4. The van der Waals surface area contributed by atoms with E-state index in [2.05, 4.69) is 15.8 Å². The second kappa shape index (κ2) is 9.82. The number of fused-ring (bicyclic) bond motifs is 1. The monoisotopic (exact) mass is 509 g/mol. The van der Waals surface area contributed by atoms with Crippen LogP contribution in [0, 0.1) is 5.92 Å². The van der Waals surface area contributed by atoms with Crippen molar-refractivity contribution < 1.29 is 27.5 Å². The van der Waals surface area contributed by atoms with E-state index < -0.39 is 24.0 Å². The standard InChI is InChI=1S/C28H23F4N3O2/c29-27-20-15-19(11-12-22(20)34-35-27)24(18-9-6-16(7-10-18)8-13-23(36)37)25(17-3-1-4-17)26-21(28(30,31)32)5-2-14-33-26/h2,5-15,17,27,34-35H,1,3-4H2,(H,36,37)/b13-8+,25-24+. The van der Waals surface area contributed by atoms with Crippen LogP contribution in [0.1, 0.15) is 59.1 Å². The van der Waals surface area contributed by atoms with Gasteiger partial charge in [0.2, 0.25) is 0 Å². The van der Waals surface area contributed by atoms with Gasteiger partial charge in [-0.15, -0.1) is 0 Å². The molecule has 2 aliphatic rings. The van der Waals surface area contributed by atoms with Gasteiger partial charge in [-0.1, -0.05) is 36.8 Å². The fraction of sp³-hybridized carbons (Fsp3) is 0.214. The fourth-order valence-electron chi connectivity index (χ4n) is 4.73. The van der Waals surface area contributed by atoms with Crippen molar-refractivity contribution in [2.75, 3.05) is 5.43 Å². The summed E-state index contributed by atoms with van der Waals surface area (Å²) in [5.74, 6) is -1.24. The molecule has 3 aromatic rings. The maximum Gasteiger partial charge on any atom is 0.418 e. The third kappa shape index (κ3) is 4.99. The van der Waals surface area contributed by atoms with E-state index in [0.29, 0.717) is 51.9 Å². The van der Waals surface area contributed by atoms with Crippen molar-refractivity contribution >= 4 is 28.9 Å². The molecular formula is C28H23F4N3O2. The SMILES string of the molecule is O=C(O)/C=C/c1ccc(/C(=C(\c2ncccc2C(F)(F)F)C2CCC2)c2ccc3c(c2)C(F)NN3)cc1. The molecule has 0 spiro atoms. The Morgan fingerprint density at radius 2 is 1.78 bits per heavy atom. The van der Waals surface area contributed by atoms with E-state index in [1.807, 2.05) is 0 Å². The van der Waals surface area contributed by atoms with Crippen molar-refractivity contribution in [3.63, 3.8) is 0 Å². The van der Waals surface area contributed by atoms with E-state index >= 15 is 0 Å². The van der Waals surface area contributed by atoms with Gasteiger partial charge in [0.25, 0.3) is 0 Å². The van der Waals surface area contributed by atoms with Crippen LogP contribution in [0.15, 0.2) is 66.9 Å². The topological polar surface area (TPSA) is 74.2 Å². The Kier molecular flexibility index (Phi) is 6.55. The van der Waals surface area contributed by atoms with Gasteiger partial charge < -0.3 is 10.5 Å². The summed E-state index contributed by atoms with van der Waals surface area (Å²) in [7, 11) is 0. The lowest BCUT2D eigenvalue weighted by Crippen LogP contribution is -2.19. The lowest BCUT2D eigenvalue weighted by molar-refractivity contribution is -0.138. The van der Waals surface area contributed by atoms with Crippen molar-refractivity contribution in [1.82, 2.24) is 10.4 Å². The number of carboxylic acid groups (broad SMARTS) is 1. The second-order valence-electron chi connectivity index (χ2n) is 9.04. The summed E-state index contributed by atoms with van der Waals surface area (Å²) in [6.45, 7) is 0. The molecule has 0 bridgehead atoms. The van der Waals surface area contributed by atoms with E-state index in [1.54, 1.807) is 42.5 Å². The van der Waals surface area contributed by atoms with E-state index in [-0.39, 0.29) is 11.6 Å². The number of aliphatic carboxylic acids is 1. The zero-order valence-corrected chi connectivity index (χ0v) is 19.5. The minimum Gasteiger partial charge on any atom is -0.478 e.